The van der Waals surface area contributed by atoms with Crippen molar-refractivity contribution in [1.29, 1.82) is 0 Å². The summed E-state index contributed by atoms with van der Waals surface area (Å²) < 4.78 is 0. The fourth-order valence-corrected chi connectivity index (χ4v) is 5.93. The number of nitrogens with zero attached hydrogens (tertiary/aromatic N) is 3. The van der Waals surface area contributed by atoms with Gasteiger partial charge in [-0.1, -0.05) is 43.2 Å². The van der Waals surface area contributed by atoms with Gasteiger partial charge in [-0.05, 0) is 41.8 Å². The molecule has 2 aliphatic heterocycles. The Balaban J connectivity index is 1.37. The second-order valence-corrected chi connectivity index (χ2v) is 9.28. The van der Waals surface area contributed by atoms with Gasteiger partial charge in [-0.15, -0.1) is 11.3 Å². The molecule has 5 rings (SSSR count). The predicted octanol–water partition coefficient (Wildman–Crippen LogP) is 3.43. The Hall–Kier alpha value is -2.67. The van der Waals surface area contributed by atoms with Crippen molar-refractivity contribution >= 4 is 29.2 Å². The van der Waals surface area contributed by atoms with E-state index < -0.39 is 0 Å². The Kier molecular flexibility index (Phi) is 5.06. The van der Waals surface area contributed by atoms with Gasteiger partial charge in [0.05, 0.1) is 6.04 Å². The molecule has 156 valence electrons. The number of amides is 4. The molecular formula is C23H25N3O3S. The monoisotopic (exact) mass is 423 g/mol. The van der Waals surface area contributed by atoms with Crippen LogP contribution in [0.3, 0.4) is 0 Å². The molecule has 0 radical (unpaired) electrons. The van der Waals surface area contributed by atoms with E-state index in [9.17, 15) is 14.4 Å². The first-order valence-electron chi connectivity index (χ1n) is 10.6. The van der Waals surface area contributed by atoms with Crippen LogP contribution in [0.1, 0.15) is 47.7 Å². The second-order valence-electron chi connectivity index (χ2n) is 8.28. The van der Waals surface area contributed by atoms with Gasteiger partial charge in [0.25, 0.3) is 5.91 Å². The number of hydrogen-bond donors (Lipinski definition) is 0. The van der Waals surface area contributed by atoms with Crippen LogP contribution in [0.15, 0.2) is 41.8 Å². The quantitative estimate of drug-likeness (QED) is 0.708. The molecule has 1 saturated carbocycles. The van der Waals surface area contributed by atoms with E-state index in [1.54, 1.807) is 16.2 Å². The van der Waals surface area contributed by atoms with Gasteiger partial charge in [0.15, 0.2) is 0 Å². The number of urea groups is 1. The maximum absolute atomic E-state index is 13.4. The van der Waals surface area contributed by atoms with E-state index >= 15 is 0 Å². The summed E-state index contributed by atoms with van der Waals surface area (Å²) in [6.07, 6.45) is 4.89. The topological polar surface area (TPSA) is 60.9 Å². The Labute approximate surface area is 180 Å². The average Bonchev–Trinajstić information content (AvgIpc) is 3.51. The van der Waals surface area contributed by atoms with Gasteiger partial charge < -0.3 is 9.80 Å². The average molecular weight is 424 g/mol. The maximum atomic E-state index is 13.4. The molecule has 0 N–H and O–H groups in total. The fourth-order valence-electron chi connectivity index (χ4n) is 5.02. The zero-order valence-corrected chi connectivity index (χ0v) is 17.6. The smallest absolute Gasteiger partial charge is 0.327 e. The summed E-state index contributed by atoms with van der Waals surface area (Å²) in [5.41, 5.74) is 2.20. The molecule has 30 heavy (non-hydrogen) atoms. The first-order chi connectivity index (χ1) is 14.6. The van der Waals surface area contributed by atoms with Crippen LogP contribution in [-0.4, -0.2) is 58.2 Å². The van der Waals surface area contributed by atoms with Gasteiger partial charge in [0, 0.05) is 17.5 Å². The summed E-state index contributed by atoms with van der Waals surface area (Å²) in [6.45, 7) is 0.520. The molecule has 1 aliphatic carbocycles. The lowest BCUT2D eigenvalue weighted by Gasteiger charge is -2.37. The molecule has 3 heterocycles. The van der Waals surface area contributed by atoms with Crippen LogP contribution < -0.4 is 0 Å². The van der Waals surface area contributed by atoms with Crippen LogP contribution in [0.25, 0.3) is 0 Å². The Morgan fingerprint density at radius 1 is 1.07 bits per heavy atom. The van der Waals surface area contributed by atoms with Crippen LogP contribution in [-0.2, 0) is 16.0 Å². The van der Waals surface area contributed by atoms with Crippen molar-refractivity contribution in [2.75, 3.05) is 19.6 Å². The van der Waals surface area contributed by atoms with Gasteiger partial charge in [-0.2, -0.15) is 0 Å². The molecule has 3 aliphatic rings. The van der Waals surface area contributed by atoms with Crippen molar-refractivity contribution in [3.63, 3.8) is 0 Å². The van der Waals surface area contributed by atoms with Crippen LogP contribution in [0, 0.1) is 0 Å². The fraction of sp³-hybridized carbons (Fsp3) is 0.435. The van der Waals surface area contributed by atoms with Gasteiger partial charge in [0.1, 0.15) is 13.1 Å². The molecule has 0 bridgehead atoms. The van der Waals surface area contributed by atoms with Crippen molar-refractivity contribution in [2.24, 2.45) is 0 Å². The first-order valence-corrected chi connectivity index (χ1v) is 11.5. The number of carbonyl (C=O) groups excluding carboxylic acids is 3. The molecule has 1 unspecified atom stereocenters. The van der Waals surface area contributed by atoms with E-state index in [0.717, 1.165) is 48.1 Å². The number of carbonyl (C=O) groups is 3. The molecule has 1 aromatic carbocycles. The highest BCUT2D eigenvalue weighted by Crippen LogP contribution is 2.38. The lowest BCUT2D eigenvalue weighted by Crippen LogP contribution is -2.47. The highest BCUT2D eigenvalue weighted by atomic mass is 32.1. The zero-order valence-electron chi connectivity index (χ0n) is 16.8. The molecule has 2 fully saturated rings. The van der Waals surface area contributed by atoms with E-state index in [1.807, 2.05) is 35.2 Å². The number of fused-ring (bicyclic) bond motifs is 1. The molecule has 0 spiro atoms. The first kappa shape index (κ1) is 19.3. The highest BCUT2D eigenvalue weighted by molar-refractivity contribution is 7.10. The summed E-state index contributed by atoms with van der Waals surface area (Å²) in [5, 5.41) is 2.07. The van der Waals surface area contributed by atoms with Crippen LogP contribution in [0.2, 0.25) is 0 Å². The highest BCUT2D eigenvalue weighted by Gasteiger charge is 2.43. The van der Waals surface area contributed by atoms with Crippen LogP contribution >= 0.6 is 11.3 Å². The van der Waals surface area contributed by atoms with Crippen LogP contribution in [0.5, 0.6) is 0 Å². The number of imide groups is 1. The molecule has 1 atom stereocenters. The zero-order chi connectivity index (χ0) is 20.7. The molecular weight excluding hydrogens is 398 g/mol. The number of thiophene rings is 1. The minimum absolute atomic E-state index is 0.105. The predicted molar refractivity (Wildman–Crippen MR) is 114 cm³/mol. The Bertz CT molecular complexity index is 967. The van der Waals surface area contributed by atoms with E-state index in [-0.39, 0.29) is 43.0 Å². The minimum atomic E-state index is -0.301. The SMILES string of the molecule is O=C1CN(C2CCCC2)C(=O)N1CC(=O)N1CCc2sccc2C1c1ccccc1. The molecule has 1 aromatic heterocycles. The van der Waals surface area contributed by atoms with Crippen molar-refractivity contribution in [3.8, 4) is 0 Å². The Morgan fingerprint density at radius 3 is 2.60 bits per heavy atom. The number of hydrogen-bond acceptors (Lipinski definition) is 4. The van der Waals surface area contributed by atoms with Crippen molar-refractivity contribution in [1.82, 2.24) is 14.7 Å². The standard InChI is InChI=1S/C23H25N3O3S/c27-20(15-26-21(28)14-25(23(26)29)17-8-4-5-9-17)24-12-10-19-18(11-13-30-19)22(24)16-6-2-1-3-7-16/h1-3,6-7,11,13,17,22H,4-5,8-10,12,14-15H2. The molecule has 1 saturated heterocycles. The minimum Gasteiger partial charge on any atom is -0.330 e. The third-order valence-electron chi connectivity index (χ3n) is 6.54. The van der Waals surface area contributed by atoms with Gasteiger partial charge in [-0.25, -0.2) is 4.79 Å². The summed E-state index contributed by atoms with van der Waals surface area (Å²) in [7, 11) is 0. The summed E-state index contributed by atoms with van der Waals surface area (Å²) in [5.74, 6) is -0.430. The molecule has 6 nitrogen and oxygen atoms in total. The van der Waals surface area contributed by atoms with E-state index in [1.165, 1.54) is 4.88 Å². The largest absolute Gasteiger partial charge is 0.330 e. The van der Waals surface area contributed by atoms with Gasteiger partial charge in [0.2, 0.25) is 5.91 Å². The van der Waals surface area contributed by atoms with Crippen molar-refractivity contribution in [2.45, 2.75) is 44.2 Å². The van der Waals surface area contributed by atoms with E-state index in [0.29, 0.717) is 6.54 Å². The lowest BCUT2D eigenvalue weighted by atomic mass is 9.93. The molecule has 7 heteroatoms. The summed E-state index contributed by atoms with van der Waals surface area (Å²) in [6, 6.07) is 11.7. The summed E-state index contributed by atoms with van der Waals surface area (Å²) in [4.78, 5) is 44.8. The van der Waals surface area contributed by atoms with Crippen molar-refractivity contribution < 1.29 is 14.4 Å². The van der Waals surface area contributed by atoms with Gasteiger partial charge >= 0.3 is 6.03 Å². The summed E-state index contributed by atoms with van der Waals surface area (Å²) >= 11 is 1.72. The third-order valence-corrected chi connectivity index (χ3v) is 7.54. The van der Waals surface area contributed by atoms with Gasteiger partial charge in [-0.3, -0.25) is 14.5 Å². The maximum Gasteiger partial charge on any atom is 0.327 e. The molecule has 4 amide bonds. The number of benzene rings is 1. The van der Waals surface area contributed by atoms with Crippen molar-refractivity contribution in [3.05, 3.63) is 57.8 Å². The lowest BCUT2D eigenvalue weighted by molar-refractivity contribution is -0.138. The normalized spacial score (nSPS) is 22.1. The number of rotatable bonds is 4. The Morgan fingerprint density at radius 2 is 1.83 bits per heavy atom. The van der Waals surface area contributed by atoms with E-state index in [2.05, 4.69) is 11.4 Å². The molecule has 2 aromatic rings. The third kappa shape index (κ3) is 3.31. The van der Waals surface area contributed by atoms with Crippen LogP contribution in [0.4, 0.5) is 4.79 Å². The van der Waals surface area contributed by atoms with E-state index in [4.69, 9.17) is 0 Å². The second kappa shape index (κ2) is 7.87.